The maximum atomic E-state index is 13.1. The fourth-order valence-electron chi connectivity index (χ4n) is 8.28. The Bertz CT molecular complexity index is 1270. The first-order chi connectivity index (χ1) is 32.6. The van der Waals surface area contributed by atoms with Gasteiger partial charge < -0.3 is 39.0 Å². The first-order valence-electron chi connectivity index (χ1n) is 27.3. The van der Waals surface area contributed by atoms with Gasteiger partial charge in [-0.05, 0) is 51.4 Å². The number of ether oxygens (including phenoxy) is 5. The Hall–Kier alpha value is -2.80. The fourth-order valence-corrected chi connectivity index (χ4v) is 8.28. The van der Waals surface area contributed by atoms with Crippen molar-refractivity contribution in [3.8, 4) is 0 Å². The average Bonchev–Trinajstić information content (AvgIpc) is 3.31. The van der Waals surface area contributed by atoms with Crippen LogP contribution in [0, 0.1) is 0 Å². The van der Waals surface area contributed by atoms with E-state index in [1.807, 2.05) is 0 Å². The summed E-state index contributed by atoms with van der Waals surface area (Å²) in [4.78, 5) is 50.8. The van der Waals surface area contributed by atoms with E-state index < -0.39 is 67.3 Å². The SMILES string of the molecule is CCCCC/C=C\C/C=C\CCCCCCCC(=O)OCC(COC1OC(C(=O)O)C(O)C(O)C1OC(=O)CCCCCCCCCCCCC)OC(=O)CCCCCCCCCCCCC. The number of aliphatic hydroxyl groups is 2. The van der Waals surface area contributed by atoms with Crippen molar-refractivity contribution in [2.24, 2.45) is 0 Å². The predicted molar refractivity (Wildman–Crippen MR) is 266 cm³/mol. The molecule has 6 atom stereocenters. The minimum Gasteiger partial charge on any atom is -0.479 e. The van der Waals surface area contributed by atoms with Crippen LogP contribution in [0.3, 0.4) is 0 Å². The Kier molecular flexibility index (Phi) is 41.2. The number of carboxylic acids is 1. The maximum absolute atomic E-state index is 13.1. The van der Waals surface area contributed by atoms with E-state index in [4.69, 9.17) is 23.7 Å². The smallest absolute Gasteiger partial charge is 0.335 e. The van der Waals surface area contributed by atoms with E-state index in [1.54, 1.807) is 0 Å². The molecule has 12 nitrogen and oxygen atoms in total. The average molecular weight is 951 g/mol. The standard InChI is InChI=1S/C55H98O12/c1-4-7-10-13-16-19-22-23-24-25-28-29-32-35-38-41-47(56)63-44-46(65-48(57)42-39-36-33-30-26-20-17-14-11-8-5-2)45-64-55-53(51(60)50(59)52(67-55)54(61)62)66-49(58)43-40-37-34-31-27-21-18-15-12-9-6-3/h16,19,23-24,46,50-53,55,59-60H,4-15,17-18,20-22,25-45H2,1-3H3,(H,61,62)/b19-16-,24-23-. The normalized spacial score (nSPS) is 19.0. The number of hydrogen-bond acceptors (Lipinski definition) is 11. The highest BCUT2D eigenvalue weighted by Crippen LogP contribution is 2.26. The molecule has 12 heteroatoms. The zero-order chi connectivity index (χ0) is 49.0. The Morgan fingerprint density at radius 2 is 0.896 bits per heavy atom. The molecule has 1 fully saturated rings. The van der Waals surface area contributed by atoms with Crippen molar-refractivity contribution in [1.29, 1.82) is 0 Å². The predicted octanol–water partition coefficient (Wildman–Crippen LogP) is 13.1. The lowest BCUT2D eigenvalue weighted by Gasteiger charge is -2.40. The molecule has 0 aromatic carbocycles. The van der Waals surface area contributed by atoms with Gasteiger partial charge in [0.25, 0.3) is 0 Å². The van der Waals surface area contributed by atoms with Crippen LogP contribution in [0.2, 0.25) is 0 Å². The van der Waals surface area contributed by atoms with Gasteiger partial charge in [0.05, 0.1) is 6.61 Å². The van der Waals surface area contributed by atoms with Gasteiger partial charge >= 0.3 is 23.9 Å². The van der Waals surface area contributed by atoms with Crippen molar-refractivity contribution < 1.29 is 58.2 Å². The van der Waals surface area contributed by atoms with Crippen LogP contribution in [0.4, 0.5) is 0 Å². The molecule has 1 rings (SSSR count). The van der Waals surface area contributed by atoms with Gasteiger partial charge in [-0.2, -0.15) is 0 Å². The fraction of sp³-hybridized carbons (Fsp3) is 0.855. The van der Waals surface area contributed by atoms with E-state index in [-0.39, 0.29) is 25.9 Å². The molecule has 0 saturated carbocycles. The molecule has 0 spiro atoms. The number of esters is 3. The zero-order valence-electron chi connectivity index (χ0n) is 42.7. The third kappa shape index (κ3) is 35.0. The number of rotatable bonds is 46. The Morgan fingerprint density at radius 1 is 0.493 bits per heavy atom. The number of aliphatic carboxylic acids is 1. The Labute approximate surface area is 407 Å². The number of carboxylic acid groups (broad SMARTS) is 1. The van der Waals surface area contributed by atoms with Crippen LogP contribution >= 0.6 is 0 Å². The number of carbonyl (C=O) groups is 4. The van der Waals surface area contributed by atoms with E-state index in [2.05, 4.69) is 45.1 Å². The summed E-state index contributed by atoms with van der Waals surface area (Å²) in [5, 5.41) is 31.3. The number of hydrogen-bond donors (Lipinski definition) is 3. The topological polar surface area (TPSA) is 175 Å². The number of allylic oxidation sites excluding steroid dienone is 4. The summed E-state index contributed by atoms with van der Waals surface area (Å²) in [7, 11) is 0. The minimum atomic E-state index is -1.90. The van der Waals surface area contributed by atoms with Gasteiger partial charge in [0.2, 0.25) is 0 Å². The summed E-state index contributed by atoms with van der Waals surface area (Å²) >= 11 is 0. The molecular formula is C55H98O12. The molecule has 1 saturated heterocycles. The molecule has 0 aromatic rings. The van der Waals surface area contributed by atoms with Gasteiger partial charge in [-0.1, -0.05) is 206 Å². The summed E-state index contributed by atoms with van der Waals surface area (Å²) in [5.74, 6) is -3.12. The van der Waals surface area contributed by atoms with Crippen LogP contribution in [0.5, 0.6) is 0 Å². The molecule has 0 amide bonds. The number of carbonyl (C=O) groups excluding carboxylic acids is 3. The van der Waals surface area contributed by atoms with Crippen molar-refractivity contribution in [2.45, 2.75) is 289 Å². The van der Waals surface area contributed by atoms with Crippen molar-refractivity contribution in [2.75, 3.05) is 13.2 Å². The number of unbranched alkanes of at least 4 members (excludes halogenated alkanes) is 28. The molecule has 0 bridgehead atoms. The minimum absolute atomic E-state index is 0.0648. The van der Waals surface area contributed by atoms with Crippen LogP contribution < -0.4 is 0 Å². The van der Waals surface area contributed by atoms with Crippen molar-refractivity contribution in [3.05, 3.63) is 24.3 Å². The molecule has 0 aromatic heterocycles. The second-order valence-electron chi connectivity index (χ2n) is 18.9. The van der Waals surface area contributed by atoms with E-state index in [0.29, 0.717) is 19.3 Å². The monoisotopic (exact) mass is 951 g/mol. The van der Waals surface area contributed by atoms with Crippen LogP contribution in [-0.4, -0.2) is 89.2 Å². The van der Waals surface area contributed by atoms with Gasteiger partial charge in [-0.25, -0.2) is 4.79 Å². The summed E-state index contributed by atoms with van der Waals surface area (Å²) < 4.78 is 28.3. The molecule has 67 heavy (non-hydrogen) atoms. The lowest BCUT2D eigenvalue weighted by Crippen LogP contribution is -2.61. The van der Waals surface area contributed by atoms with Crippen LogP contribution in [0.15, 0.2) is 24.3 Å². The summed E-state index contributed by atoms with van der Waals surface area (Å²) in [5.41, 5.74) is 0. The van der Waals surface area contributed by atoms with E-state index in [1.165, 1.54) is 103 Å². The van der Waals surface area contributed by atoms with Gasteiger partial charge in [0.15, 0.2) is 24.6 Å². The quantitative estimate of drug-likeness (QED) is 0.0228. The van der Waals surface area contributed by atoms with E-state index in [0.717, 1.165) is 89.9 Å². The summed E-state index contributed by atoms with van der Waals surface area (Å²) in [6.45, 7) is 5.93. The highest BCUT2D eigenvalue weighted by Gasteiger charge is 2.50. The van der Waals surface area contributed by atoms with Crippen LogP contribution in [0.25, 0.3) is 0 Å². The highest BCUT2D eigenvalue weighted by molar-refractivity contribution is 5.74. The second kappa shape index (κ2) is 44.4. The molecule has 0 radical (unpaired) electrons. The first kappa shape index (κ1) is 62.2. The number of aliphatic hydroxyl groups excluding tert-OH is 2. The van der Waals surface area contributed by atoms with Gasteiger partial charge in [0, 0.05) is 19.3 Å². The third-order valence-electron chi connectivity index (χ3n) is 12.5. The van der Waals surface area contributed by atoms with Gasteiger partial charge in [-0.3, -0.25) is 14.4 Å². The molecule has 1 aliphatic rings. The lowest BCUT2D eigenvalue weighted by atomic mass is 9.98. The van der Waals surface area contributed by atoms with Crippen molar-refractivity contribution in [1.82, 2.24) is 0 Å². The largest absolute Gasteiger partial charge is 0.479 e. The van der Waals surface area contributed by atoms with Crippen molar-refractivity contribution >= 4 is 23.9 Å². The molecule has 390 valence electrons. The molecule has 3 N–H and O–H groups in total. The second-order valence-corrected chi connectivity index (χ2v) is 18.9. The summed E-state index contributed by atoms with van der Waals surface area (Å²) in [6, 6.07) is 0. The lowest BCUT2D eigenvalue weighted by molar-refractivity contribution is -0.301. The Balaban J connectivity index is 2.71. The zero-order valence-corrected chi connectivity index (χ0v) is 42.7. The van der Waals surface area contributed by atoms with Crippen molar-refractivity contribution in [3.63, 3.8) is 0 Å². The molecule has 6 unspecified atom stereocenters. The first-order valence-corrected chi connectivity index (χ1v) is 27.3. The third-order valence-corrected chi connectivity index (χ3v) is 12.5. The van der Waals surface area contributed by atoms with Gasteiger partial charge in [-0.15, -0.1) is 0 Å². The van der Waals surface area contributed by atoms with Gasteiger partial charge in [0.1, 0.15) is 18.8 Å². The maximum Gasteiger partial charge on any atom is 0.335 e. The highest BCUT2D eigenvalue weighted by atomic mass is 16.7. The van der Waals surface area contributed by atoms with Crippen LogP contribution in [0.1, 0.15) is 252 Å². The van der Waals surface area contributed by atoms with E-state index >= 15 is 0 Å². The molecule has 1 aliphatic heterocycles. The summed E-state index contributed by atoms with van der Waals surface area (Å²) in [6.07, 6.45) is 35.9. The van der Waals surface area contributed by atoms with Crippen LogP contribution in [-0.2, 0) is 42.9 Å². The molecule has 1 heterocycles. The molecular weight excluding hydrogens is 853 g/mol. The molecule has 0 aliphatic carbocycles. The van der Waals surface area contributed by atoms with E-state index in [9.17, 15) is 34.5 Å². The Morgan fingerprint density at radius 3 is 1.37 bits per heavy atom.